The van der Waals surface area contributed by atoms with Gasteiger partial charge in [0.2, 0.25) is 0 Å². The van der Waals surface area contributed by atoms with Crippen LogP contribution < -0.4 is 0 Å². The maximum absolute atomic E-state index is 12.5. The summed E-state index contributed by atoms with van der Waals surface area (Å²) in [5, 5.41) is 4.91. The summed E-state index contributed by atoms with van der Waals surface area (Å²) in [5.41, 5.74) is 0.888. The Morgan fingerprint density at radius 2 is 1.93 bits per heavy atom. The monoisotopic (exact) mass is 442 g/mol. The first kappa shape index (κ1) is 23.5. The fraction of sp³-hybridized carbons (Fsp3) is 0.571. The number of benzene rings is 1. The highest BCUT2D eigenvalue weighted by molar-refractivity contribution is 6.42. The number of oxime groups is 1. The standard InChI is InChI=1S/C21H28Cl2N2O4/c1-21(2,3)29-20(27)25-10-9-14(13-25)11-16(26)6-8-19(24-28-4)15-5-7-17(22)18(23)12-15/h5,7,12,14H,6,8-11,13H2,1-4H3. The van der Waals surface area contributed by atoms with E-state index in [-0.39, 0.29) is 17.8 Å². The van der Waals surface area contributed by atoms with E-state index in [4.69, 9.17) is 32.8 Å². The van der Waals surface area contributed by atoms with Crippen LogP contribution in [0.4, 0.5) is 4.79 Å². The number of hydrogen-bond acceptors (Lipinski definition) is 5. The maximum Gasteiger partial charge on any atom is 0.410 e. The highest BCUT2D eigenvalue weighted by Gasteiger charge is 2.30. The van der Waals surface area contributed by atoms with Gasteiger partial charge in [0.05, 0.1) is 15.8 Å². The van der Waals surface area contributed by atoms with Gasteiger partial charge in [-0.05, 0) is 45.2 Å². The molecule has 1 unspecified atom stereocenters. The van der Waals surface area contributed by atoms with Gasteiger partial charge in [0.1, 0.15) is 18.5 Å². The van der Waals surface area contributed by atoms with Crippen molar-refractivity contribution in [3.05, 3.63) is 33.8 Å². The molecule has 1 aromatic carbocycles. The average Bonchev–Trinajstić information content (AvgIpc) is 3.08. The second kappa shape index (κ2) is 10.3. The van der Waals surface area contributed by atoms with E-state index in [1.54, 1.807) is 23.1 Å². The fourth-order valence-electron chi connectivity index (χ4n) is 3.20. The Morgan fingerprint density at radius 3 is 2.55 bits per heavy atom. The van der Waals surface area contributed by atoms with E-state index < -0.39 is 5.60 Å². The number of carbonyl (C=O) groups excluding carboxylic acids is 2. The second-order valence-electron chi connectivity index (χ2n) is 8.17. The summed E-state index contributed by atoms with van der Waals surface area (Å²) in [6.45, 7) is 6.69. The SMILES string of the molecule is CON=C(CCC(=O)CC1CCN(C(=O)OC(C)(C)C)C1)c1ccc(Cl)c(Cl)c1. The molecule has 1 fully saturated rings. The van der Waals surface area contributed by atoms with Crippen LogP contribution in [0.1, 0.15) is 52.0 Å². The van der Waals surface area contributed by atoms with Crippen LogP contribution in [-0.2, 0) is 14.4 Å². The molecule has 1 saturated heterocycles. The molecule has 6 nitrogen and oxygen atoms in total. The van der Waals surface area contributed by atoms with E-state index in [2.05, 4.69) is 5.16 Å². The summed E-state index contributed by atoms with van der Waals surface area (Å²) >= 11 is 12.0. The molecule has 1 aliphatic rings. The van der Waals surface area contributed by atoms with Crippen LogP contribution in [0.2, 0.25) is 10.0 Å². The van der Waals surface area contributed by atoms with Gasteiger partial charge in [0, 0.05) is 37.9 Å². The lowest BCUT2D eigenvalue weighted by molar-refractivity contribution is -0.119. The lowest BCUT2D eigenvalue weighted by atomic mass is 9.97. The van der Waals surface area contributed by atoms with Crippen molar-refractivity contribution in [2.75, 3.05) is 20.2 Å². The zero-order chi connectivity index (χ0) is 21.6. The van der Waals surface area contributed by atoms with Gasteiger partial charge in [-0.2, -0.15) is 0 Å². The number of likely N-dealkylation sites (tertiary alicyclic amines) is 1. The summed E-state index contributed by atoms with van der Waals surface area (Å²) < 4.78 is 5.40. The van der Waals surface area contributed by atoms with Gasteiger partial charge in [0.15, 0.2) is 0 Å². The van der Waals surface area contributed by atoms with Gasteiger partial charge < -0.3 is 14.5 Å². The molecule has 0 radical (unpaired) electrons. The maximum atomic E-state index is 12.5. The summed E-state index contributed by atoms with van der Waals surface area (Å²) in [6, 6.07) is 5.20. The summed E-state index contributed by atoms with van der Waals surface area (Å²) in [4.78, 5) is 31.2. The van der Waals surface area contributed by atoms with E-state index in [9.17, 15) is 9.59 Å². The Kier molecular flexibility index (Phi) is 8.34. The topological polar surface area (TPSA) is 68.2 Å². The predicted octanol–water partition coefficient (Wildman–Crippen LogP) is 5.34. The molecule has 0 N–H and O–H groups in total. The van der Waals surface area contributed by atoms with Crippen LogP contribution >= 0.6 is 23.2 Å². The third-order valence-corrected chi connectivity index (χ3v) is 5.29. The number of hydrogen-bond donors (Lipinski definition) is 0. The molecular formula is C21H28Cl2N2O4. The molecule has 0 aromatic heterocycles. The first-order chi connectivity index (χ1) is 13.6. The number of halogens is 2. The van der Waals surface area contributed by atoms with Crippen molar-refractivity contribution in [1.29, 1.82) is 0 Å². The van der Waals surface area contributed by atoms with Gasteiger partial charge in [-0.3, -0.25) is 4.79 Å². The molecule has 29 heavy (non-hydrogen) atoms. The number of ether oxygens (including phenoxy) is 1. The van der Waals surface area contributed by atoms with Crippen LogP contribution in [0.15, 0.2) is 23.4 Å². The lowest BCUT2D eigenvalue weighted by Gasteiger charge is -2.24. The number of rotatable bonds is 7. The van der Waals surface area contributed by atoms with Crippen LogP contribution in [0, 0.1) is 5.92 Å². The number of amides is 1. The van der Waals surface area contributed by atoms with Crippen LogP contribution in [0.3, 0.4) is 0 Å². The third kappa shape index (κ3) is 7.52. The van der Waals surface area contributed by atoms with Gasteiger partial charge in [-0.25, -0.2) is 4.79 Å². The van der Waals surface area contributed by atoms with Crippen LogP contribution in [0.25, 0.3) is 0 Å². The largest absolute Gasteiger partial charge is 0.444 e. The molecule has 1 atom stereocenters. The first-order valence-corrected chi connectivity index (χ1v) is 10.4. The third-order valence-electron chi connectivity index (χ3n) is 4.55. The summed E-state index contributed by atoms with van der Waals surface area (Å²) in [5.74, 6) is 0.285. The highest BCUT2D eigenvalue weighted by atomic mass is 35.5. The van der Waals surface area contributed by atoms with Crippen molar-refractivity contribution in [1.82, 2.24) is 4.90 Å². The Hall–Kier alpha value is -1.79. The Bertz CT molecular complexity index is 774. The van der Waals surface area contributed by atoms with Crippen molar-refractivity contribution in [2.24, 2.45) is 11.1 Å². The first-order valence-electron chi connectivity index (χ1n) is 9.64. The molecule has 1 aromatic rings. The molecular weight excluding hydrogens is 415 g/mol. The number of Topliss-reactive ketones (excluding diaryl/α,β-unsaturated/α-hetero) is 1. The average molecular weight is 443 g/mol. The fourth-order valence-corrected chi connectivity index (χ4v) is 3.50. The molecule has 8 heteroatoms. The molecule has 0 saturated carbocycles. The molecule has 2 rings (SSSR count). The van der Waals surface area contributed by atoms with E-state index in [0.29, 0.717) is 48.1 Å². The van der Waals surface area contributed by atoms with Gasteiger partial charge in [0.25, 0.3) is 0 Å². The zero-order valence-electron chi connectivity index (χ0n) is 17.3. The predicted molar refractivity (Wildman–Crippen MR) is 115 cm³/mol. The molecule has 1 heterocycles. The minimum absolute atomic E-state index is 0.130. The van der Waals surface area contributed by atoms with Gasteiger partial charge >= 0.3 is 6.09 Å². The number of carbonyl (C=O) groups is 2. The van der Waals surface area contributed by atoms with E-state index >= 15 is 0 Å². The molecule has 0 spiro atoms. The summed E-state index contributed by atoms with van der Waals surface area (Å²) in [6.07, 6.45) is 1.69. The van der Waals surface area contributed by atoms with Gasteiger partial charge in [-0.15, -0.1) is 0 Å². The Balaban J connectivity index is 1.86. The Labute approximate surface area is 182 Å². The smallest absolute Gasteiger partial charge is 0.410 e. The van der Waals surface area contributed by atoms with Gasteiger partial charge in [-0.1, -0.05) is 34.4 Å². The number of nitrogens with zero attached hydrogens (tertiary/aromatic N) is 2. The van der Waals surface area contributed by atoms with Crippen molar-refractivity contribution in [2.45, 2.75) is 52.1 Å². The van der Waals surface area contributed by atoms with Crippen molar-refractivity contribution in [3.63, 3.8) is 0 Å². The minimum Gasteiger partial charge on any atom is -0.444 e. The zero-order valence-corrected chi connectivity index (χ0v) is 18.8. The Morgan fingerprint density at radius 1 is 1.21 bits per heavy atom. The van der Waals surface area contributed by atoms with Crippen LogP contribution in [-0.4, -0.2) is 48.3 Å². The van der Waals surface area contributed by atoms with Crippen molar-refractivity contribution < 1.29 is 19.2 Å². The minimum atomic E-state index is -0.521. The molecule has 1 aliphatic heterocycles. The van der Waals surface area contributed by atoms with Crippen molar-refractivity contribution in [3.8, 4) is 0 Å². The number of ketones is 1. The van der Waals surface area contributed by atoms with E-state index in [0.717, 1.165) is 12.0 Å². The second-order valence-corrected chi connectivity index (χ2v) is 8.99. The highest BCUT2D eigenvalue weighted by Crippen LogP contribution is 2.25. The molecule has 160 valence electrons. The van der Waals surface area contributed by atoms with E-state index in [1.165, 1.54) is 7.11 Å². The summed E-state index contributed by atoms with van der Waals surface area (Å²) in [7, 11) is 1.46. The quantitative estimate of drug-likeness (QED) is 0.421. The molecule has 0 aliphatic carbocycles. The molecule has 1 amide bonds. The van der Waals surface area contributed by atoms with Crippen LogP contribution in [0.5, 0.6) is 0 Å². The van der Waals surface area contributed by atoms with Crippen molar-refractivity contribution >= 4 is 40.8 Å². The van der Waals surface area contributed by atoms with E-state index in [1.807, 2.05) is 20.8 Å². The normalized spacial score (nSPS) is 17.4. The lowest BCUT2D eigenvalue weighted by Crippen LogP contribution is -2.35. The molecule has 0 bridgehead atoms.